The van der Waals surface area contributed by atoms with Crippen LogP contribution in [0.1, 0.15) is 43.1 Å². The van der Waals surface area contributed by atoms with Gasteiger partial charge < -0.3 is 10.2 Å². The van der Waals surface area contributed by atoms with Gasteiger partial charge in [-0.25, -0.2) is 0 Å². The third-order valence-corrected chi connectivity index (χ3v) is 4.06. The van der Waals surface area contributed by atoms with Gasteiger partial charge in [0.25, 0.3) is 5.91 Å². The molecule has 0 saturated heterocycles. The predicted octanol–water partition coefficient (Wildman–Crippen LogP) is 2.44. The summed E-state index contributed by atoms with van der Waals surface area (Å²) in [5.74, 6) is -0.0300. The molecule has 2 amide bonds. The van der Waals surface area contributed by atoms with Crippen LogP contribution in [-0.4, -0.2) is 29.3 Å². The molecule has 0 aliphatic carbocycles. The fourth-order valence-corrected chi connectivity index (χ4v) is 2.05. The fourth-order valence-electron chi connectivity index (χ4n) is 2.05. The van der Waals surface area contributed by atoms with Gasteiger partial charge in [-0.1, -0.05) is 13.0 Å². The van der Waals surface area contributed by atoms with E-state index in [4.69, 9.17) is 0 Å². The first-order chi connectivity index (χ1) is 8.85. The molecular formula is C15H20N2O2. The molecule has 0 spiro atoms. The van der Waals surface area contributed by atoms with Crippen LogP contribution >= 0.6 is 0 Å². The average Bonchev–Trinajstić information content (AvgIpc) is 2.75. The normalized spacial score (nSPS) is 14.0. The third kappa shape index (κ3) is 2.48. The highest BCUT2D eigenvalue weighted by Crippen LogP contribution is 2.26. The Hall–Kier alpha value is -1.84. The van der Waals surface area contributed by atoms with Gasteiger partial charge in [-0.15, -0.1) is 0 Å². The summed E-state index contributed by atoms with van der Waals surface area (Å²) < 4.78 is 0. The minimum Gasteiger partial charge on any atom is -0.337 e. The van der Waals surface area contributed by atoms with E-state index in [9.17, 15) is 9.59 Å². The maximum absolute atomic E-state index is 12.4. The Bertz CT molecular complexity index is 535. The Morgan fingerprint density at radius 2 is 2.11 bits per heavy atom. The summed E-state index contributed by atoms with van der Waals surface area (Å²) in [5.41, 5.74) is 2.15. The minimum atomic E-state index is -0.181. The summed E-state index contributed by atoms with van der Waals surface area (Å²) >= 11 is 0. The molecule has 4 heteroatoms. The zero-order chi connectivity index (χ0) is 14.2. The van der Waals surface area contributed by atoms with Crippen molar-refractivity contribution in [2.75, 3.05) is 12.4 Å². The Kier molecular flexibility index (Phi) is 3.35. The second kappa shape index (κ2) is 4.68. The summed E-state index contributed by atoms with van der Waals surface area (Å²) in [7, 11) is 1.82. The molecule has 4 nitrogen and oxygen atoms in total. The molecule has 1 aliphatic heterocycles. The number of nitrogens with zero attached hydrogens (tertiary/aromatic N) is 1. The first-order valence-corrected chi connectivity index (χ1v) is 6.56. The van der Waals surface area contributed by atoms with E-state index in [-0.39, 0.29) is 17.4 Å². The van der Waals surface area contributed by atoms with Gasteiger partial charge in [0.15, 0.2) is 0 Å². The van der Waals surface area contributed by atoms with Gasteiger partial charge in [-0.3, -0.25) is 9.59 Å². The lowest BCUT2D eigenvalue weighted by Gasteiger charge is -2.35. The number of anilines is 1. The molecule has 2 rings (SSSR count). The molecule has 0 radical (unpaired) electrons. The lowest BCUT2D eigenvalue weighted by molar-refractivity contribution is -0.115. The monoisotopic (exact) mass is 260 g/mol. The van der Waals surface area contributed by atoms with E-state index in [2.05, 4.69) is 12.2 Å². The second-order valence-electron chi connectivity index (χ2n) is 5.63. The van der Waals surface area contributed by atoms with Crippen molar-refractivity contribution in [3.8, 4) is 0 Å². The van der Waals surface area contributed by atoms with Gasteiger partial charge in [0.2, 0.25) is 5.91 Å². The van der Waals surface area contributed by atoms with Crippen molar-refractivity contribution >= 4 is 17.5 Å². The smallest absolute Gasteiger partial charge is 0.254 e. The first kappa shape index (κ1) is 13.6. The van der Waals surface area contributed by atoms with E-state index in [1.807, 2.05) is 27.0 Å². The molecular weight excluding hydrogens is 240 g/mol. The molecule has 0 unspecified atom stereocenters. The number of rotatable bonds is 3. The Morgan fingerprint density at radius 1 is 1.42 bits per heavy atom. The largest absolute Gasteiger partial charge is 0.337 e. The van der Waals surface area contributed by atoms with Crippen molar-refractivity contribution in [3.63, 3.8) is 0 Å². The quantitative estimate of drug-likeness (QED) is 0.907. The summed E-state index contributed by atoms with van der Waals surface area (Å²) in [6, 6.07) is 5.42. The van der Waals surface area contributed by atoms with Gasteiger partial charge in [0, 0.05) is 23.8 Å². The predicted molar refractivity (Wildman–Crippen MR) is 75.2 cm³/mol. The molecule has 1 N–H and O–H groups in total. The number of benzene rings is 1. The maximum atomic E-state index is 12.4. The minimum absolute atomic E-state index is 0.0122. The number of fused-ring (bicyclic) bond motifs is 1. The highest BCUT2D eigenvalue weighted by atomic mass is 16.2. The van der Waals surface area contributed by atoms with Gasteiger partial charge in [-0.2, -0.15) is 0 Å². The molecule has 1 aromatic rings. The molecule has 0 bridgehead atoms. The molecule has 1 aromatic carbocycles. The number of carbonyl (C=O) groups excluding carboxylic acids is 2. The van der Waals surface area contributed by atoms with Crippen LogP contribution in [-0.2, 0) is 11.2 Å². The van der Waals surface area contributed by atoms with Crippen LogP contribution in [0.2, 0.25) is 0 Å². The molecule has 19 heavy (non-hydrogen) atoms. The van der Waals surface area contributed by atoms with E-state index >= 15 is 0 Å². The zero-order valence-electron chi connectivity index (χ0n) is 11.9. The van der Waals surface area contributed by atoms with E-state index < -0.39 is 0 Å². The van der Waals surface area contributed by atoms with Crippen LogP contribution in [0.15, 0.2) is 18.2 Å². The van der Waals surface area contributed by atoms with Crippen molar-refractivity contribution in [3.05, 3.63) is 29.3 Å². The van der Waals surface area contributed by atoms with E-state index in [0.29, 0.717) is 12.0 Å². The van der Waals surface area contributed by atoms with Crippen molar-refractivity contribution in [2.45, 2.75) is 39.2 Å². The SMILES string of the molecule is CCC(C)(C)N(C)C(=O)c1ccc2c(c1)NC(=O)C2. The number of amides is 2. The van der Waals surface area contributed by atoms with E-state index in [1.54, 1.807) is 17.0 Å². The van der Waals surface area contributed by atoms with Crippen molar-refractivity contribution in [1.29, 1.82) is 0 Å². The molecule has 1 heterocycles. The Labute approximate surface area is 113 Å². The van der Waals surface area contributed by atoms with Crippen molar-refractivity contribution in [1.82, 2.24) is 4.90 Å². The highest BCUT2D eigenvalue weighted by Gasteiger charge is 2.27. The van der Waals surface area contributed by atoms with Gasteiger partial charge in [-0.05, 0) is 38.0 Å². The molecule has 0 fully saturated rings. The maximum Gasteiger partial charge on any atom is 0.254 e. The van der Waals surface area contributed by atoms with Gasteiger partial charge in [0.1, 0.15) is 0 Å². The van der Waals surface area contributed by atoms with Crippen LogP contribution in [0.25, 0.3) is 0 Å². The second-order valence-corrected chi connectivity index (χ2v) is 5.63. The Morgan fingerprint density at radius 3 is 2.74 bits per heavy atom. The Balaban J connectivity index is 2.26. The molecule has 0 saturated carbocycles. The topological polar surface area (TPSA) is 49.4 Å². The first-order valence-electron chi connectivity index (χ1n) is 6.56. The lowest BCUT2D eigenvalue weighted by atomic mass is 9.98. The molecule has 102 valence electrons. The number of hydrogen-bond donors (Lipinski definition) is 1. The average molecular weight is 260 g/mol. The third-order valence-electron chi connectivity index (χ3n) is 4.06. The van der Waals surface area contributed by atoms with Gasteiger partial charge in [0.05, 0.1) is 6.42 Å². The van der Waals surface area contributed by atoms with Crippen LogP contribution in [0.4, 0.5) is 5.69 Å². The lowest BCUT2D eigenvalue weighted by Crippen LogP contribution is -2.44. The van der Waals surface area contributed by atoms with Crippen LogP contribution in [0, 0.1) is 0 Å². The van der Waals surface area contributed by atoms with Crippen LogP contribution in [0.5, 0.6) is 0 Å². The number of nitrogens with one attached hydrogen (secondary N) is 1. The summed E-state index contributed by atoms with van der Waals surface area (Å²) in [6.45, 7) is 6.15. The van der Waals surface area contributed by atoms with Crippen LogP contribution < -0.4 is 5.32 Å². The van der Waals surface area contributed by atoms with Crippen molar-refractivity contribution in [2.24, 2.45) is 0 Å². The molecule has 0 atom stereocenters. The summed E-state index contributed by atoms with van der Waals surface area (Å²) in [4.78, 5) is 25.5. The van der Waals surface area contributed by atoms with Gasteiger partial charge >= 0.3 is 0 Å². The number of carbonyl (C=O) groups is 2. The number of hydrogen-bond acceptors (Lipinski definition) is 2. The summed E-state index contributed by atoms with van der Waals surface area (Å²) in [5, 5.41) is 2.77. The fraction of sp³-hybridized carbons (Fsp3) is 0.467. The highest BCUT2D eigenvalue weighted by molar-refractivity contribution is 6.02. The summed E-state index contributed by atoms with van der Waals surface area (Å²) in [6.07, 6.45) is 1.29. The standard InChI is InChI=1S/C15H20N2O2/c1-5-15(2,3)17(4)14(19)11-7-6-10-9-13(18)16-12(10)8-11/h6-8H,5,9H2,1-4H3,(H,16,18). The van der Waals surface area contributed by atoms with E-state index in [1.165, 1.54) is 0 Å². The van der Waals surface area contributed by atoms with E-state index in [0.717, 1.165) is 17.7 Å². The van der Waals surface area contributed by atoms with Crippen LogP contribution in [0.3, 0.4) is 0 Å². The zero-order valence-corrected chi connectivity index (χ0v) is 11.9. The molecule has 0 aromatic heterocycles. The molecule has 1 aliphatic rings. The van der Waals surface area contributed by atoms with Crippen molar-refractivity contribution < 1.29 is 9.59 Å².